The van der Waals surface area contributed by atoms with Crippen molar-refractivity contribution in [3.63, 3.8) is 0 Å². The van der Waals surface area contributed by atoms with Crippen molar-refractivity contribution in [2.45, 2.75) is 25.9 Å². The minimum atomic E-state index is -1.26. The first-order chi connectivity index (χ1) is 7.83. The highest BCUT2D eigenvalue weighted by Crippen LogP contribution is 2.09. The van der Waals surface area contributed by atoms with Crippen molar-refractivity contribution in [3.05, 3.63) is 22.4 Å². The van der Waals surface area contributed by atoms with E-state index in [0.717, 1.165) is 5.56 Å². The summed E-state index contributed by atoms with van der Waals surface area (Å²) >= 11 is 1.56. The molecular weight excluding hydrogens is 240 g/mol. The molecule has 0 aliphatic rings. The van der Waals surface area contributed by atoms with Crippen LogP contribution in [-0.4, -0.2) is 34.6 Å². The molecule has 17 heavy (non-hydrogen) atoms. The van der Waals surface area contributed by atoms with Gasteiger partial charge in [0, 0.05) is 13.6 Å². The Hall–Kier alpha value is -1.56. The zero-order valence-corrected chi connectivity index (χ0v) is 10.9. The molecular formula is C11H16N2O3S. The number of urea groups is 1. The van der Waals surface area contributed by atoms with Crippen LogP contribution in [0.1, 0.15) is 19.4 Å². The van der Waals surface area contributed by atoms with E-state index < -0.39 is 17.5 Å². The van der Waals surface area contributed by atoms with Crippen LogP contribution in [-0.2, 0) is 11.3 Å². The highest BCUT2D eigenvalue weighted by atomic mass is 32.1. The minimum Gasteiger partial charge on any atom is -0.480 e. The van der Waals surface area contributed by atoms with Gasteiger partial charge >= 0.3 is 12.0 Å². The zero-order valence-electron chi connectivity index (χ0n) is 10.1. The van der Waals surface area contributed by atoms with Gasteiger partial charge in [0.25, 0.3) is 0 Å². The van der Waals surface area contributed by atoms with Gasteiger partial charge in [0.2, 0.25) is 0 Å². The molecule has 0 saturated carbocycles. The molecule has 2 amide bonds. The molecule has 1 rings (SSSR count). The lowest BCUT2D eigenvalue weighted by Gasteiger charge is -2.25. The van der Waals surface area contributed by atoms with Crippen molar-refractivity contribution in [2.75, 3.05) is 7.05 Å². The van der Waals surface area contributed by atoms with E-state index in [1.807, 2.05) is 16.8 Å². The number of rotatable bonds is 4. The van der Waals surface area contributed by atoms with Gasteiger partial charge in [-0.3, -0.25) is 0 Å². The third kappa shape index (κ3) is 3.74. The third-order valence-electron chi connectivity index (χ3n) is 2.30. The number of carboxylic acid groups (broad SMARTS) is 1. The van der Waals surface area contributed by atoms with E-state index in [4.69, 9.17) is 5.11 Å². The van der Waals surface area contributed by atoms with Gasteiger partial charge in [0.1, 0.15) is 5.54 Å². The van der Waals surface area contributed by atoms with Crippen LogP contribution in [0.2, 0.25) is 0 Å². The van der Waals surface area contributed by atoms with Crippen LogP contribution in [0.3, 0.4) is 0 Å². The van der Waals surface area contributed by atoms with Crippen molar-refractivity contribution in [1.29, 1.82) is 0 Å². The predicted molar refractivity (Wildman–Crippen MR) is 66.0 cm³/mol. The summed E-state index contributed by atoms with van der Waals surface area (Å²) in [4.78, 5) is 24.1. The van der Waals surface area contributed by atoms with E-state index in [-0.39, 0.29) is 0 Å². The van der Waals surface area contributed by atoms with Gasteiger partial charge in [-0.05, 0) is 36.2 Å². The topological polar surface area (TPSA) is 69.6 Å². The lowest BCUT2D eigenvalue weighted by Crippen LogP contribution is -2.53. The van der Waals surface area contributed by atoms with Crippen LogP contribution in [0.25, 0.3) is 0 Å². The van der Waals surface area contributed by atoms with Gasteiger partial charge in [-0.15, -0.1) is 0 Å². The summed E-state index contributed by atoms with van der Waals surface area (Å²) in [5, 5.41) is 15.2. The molecule has 1 aromatic heterocycles. The van der Waals surface area contributed by atoms with Crippen molar-refractivity contribution >= 4 is 23.3 Å². The Balaban J connectivity index is 2.56. The monoisotopic (exact) mass is 256 g/mol. The highest BCUT2D eigenvalue weighted by Gasteiger charge is 2.30. The first-order valence-electron chi connectivity index (χ1n) is 5.10. The van der Waals surface area contributed by atoms with Crippen molar-refractivity contribution < 1.29 is 14.7 Å². The van der Waals surface area contributed by atoms with E-state index in [2.05, 4.69) is 5.32 Å². The lowest BCUT2D eigenvalue weighted by molar-refractivity contribution is -0.143. The maximum Gasteiger partial charge on any atom is 0.328 e. The predicted octanol–water partition coefficient (Wildman–Crippen LogP) is 1.75. The van der Waals surface area contributed by atoms with Gasteiger partial charge < -0.3 is 15.3 Å². The molecule has 0 fully saturated rings. The number of aliphatic carboxylic acids is 1. The number of hydrogen-bond acceptors (Lipinski definition) is 3. The van der Waals surface area contributed by atoms with Crippen LogP contribution >= 0.6 is 11.3 Å². The molecule has 0 saturated heterocycles. The van der Waals surface area contributed by atoms with Crippen LogP contribution in [0, 0.1) is 0 Å². The summed E-state index contributed by atoms with van der Waals surface area (Å²) in [6.07, 6.45) is 0. The van der Waals surface area contributed by atoms with Crippen molar-refractivity contribution in [3.8, 4) is 0 Å². The molecule has 0 radical (unpaired) electrons. The molecule has 0 aliphatic heterocycles. The SMILES string of the molecule is CN(Cc1ccsc1)C(=O)NC(C)(C)C(=O)O. The molecule has 2 N–H and O–H groups in total. The van der Waals surface area contributed by atoms with Gasteiger partial charge in [0.05, 0.1) is 0 Å². The average Bonchev–Trinajstić information content (AvgIpc) is 2.69. The molecule has 0 unspecified atom stereocenters. The normalized spacial score (nSPS) is 11.0. The van der Waals surface area contributed by atoms with Crippen LogP contribution < -0.4 is 5.32 Å². The molecule has 94 valence electrons. The average molecular weight is 256 g/mol. The summed E-state index contributed by atoms with van der Waals surface area (Å²) in [6.45, 7) is 3.36. The van der Waals surface area contributed by atoms with Gasteiger partial charge in [-0.2, -0.15) is 11.3 Å². The largest absolute Gasteiger partial charge is 0.480 e. The Morgan fingerprint density at radius 3 is 2.65 bits per heavy atom. The first kappa shape index (κ1) is 13.5. The number of nitrogens with one attached hydrogen (secondary N) is 1. The fraction of sp³-hybridized carbons (Fsp3) is 0.455. The molecule has 0 bridgehead atoms. The fourth-order valence-electron chi connectivity index (χ4n) is 1.14. The second kappa shape index (κ2) is 5.18. The second-order valence-corrected chi connectivity index (χ2v) is 5.13. The molecule has 0 aliphatic carbocycles. The van der Waals surface area contributed by atoms with Gasteiger partial charge in [-0.25, -0.2) is 9.59 Å². The summed E-state index contributed by atoms with van der Waals surface area (Å²) < 4.78 is 0. The number of thiophene rings is 1. The Morgan fingerprint density at radius 2 is 2.18 bits per heavy atom. The molecule has 5 nitrogen and oxygen atoms in total. The van der Waals surface area contributed by atoms with E-state index in [0.29, 0.717) is 6.54 Å². The molecule has 0 spiro atoms. The summed E-state index contributed by atoms with van der Waals surface area (Å²) in [5.41, 5.74) is -0.235. The number of hydrogen-bond donors (Lipinski definition) is 2. The van der Waals surface area contributed by atoms with Gasteiger partial charge in [0.15, 0.2) is 0 Å². The Morgan fingerprint density at radius 1 is 1.53 bits per heavy atom. The number of carboxylic acids is 1. The minimum absolute atomic E-state index is 0.399. The molecule has 6 heteroatoms. The Kier molecular flexibility index (Phi) is 4.11. The first-order valence-corrected chi connectivity index (χ1v) is 6.05. The Labute approximate surface area is 104 Å². The smallest absolute Gasteiger partial charge is 0.328 e. The second-order valence-electron chi connectivity index (χ2n) is 4.35. The van der Waals surface area contributed by atoms with Crippen molar-refractivity contribution in [2.24, 2.45) is 0 Å². The number of amides is 2. The van der Waals surface area contributed by atoms with E-state index in [1.165, 1.54) is 18.7 Å². The quantitative estimate of drug-likeness (QED) is 0.862. The summed E-state index contributed by atoms with van der Waals surface area (Å²) in [5.74, 6) is -1.06. The van der Waals surface area contributed by atoms with E-state index in [1.54, 1.807) is 18.4 Å². The maximum absolute atomic E-state index is 11.7. The Bertz CT molecular complexity index is 401. The van der Waals surface area contributed by atoms with Gasteiger partial charge in [-0.1, -0.05) is 0 Å². The van der Waals surface area contributed by atoms with E-state index >= 15 is 0 Å². The maximum atomic E-state index is 11.7. The summed E-state index contributed by atoms with van der Waals surface area (Å²) in [6, 6.07) is 1.53. The lowest BCUT2D eigenvalue weighted by atomic mass is 10.1. The number of nitrogens with zero attached hydrogens (tertiary/aromatic N) is 1. The van der Waals surface area contributed by atoms with Crippen LogP contribution in [0.15, 0.2) is 16.8 Å². The third-order valence-corrected chi connectivity index (χ3v) is 3.03. The molecule has 0 aromatic carbocycles. The van der Waals surface area contributed by atoms with Crippen LogP contribution in [0.5, 0.6) is 0 Å². The van der Waals surface area contributed by atoms with E-state index in [9.17, 15) is 9.59 Å². The fourth-order valence-corrected chi connectivity index (χ4v) is 1.80. The molecule has 1 aromatic rings. The number of carbonyl (C=O) groups excluding carboxylic acids is 1. The summed E-state index contributed by atoms with van der Waals surface area (Å²) in [7, 11) is 1.63. The molecule has 1 heterocycles. The van der Waals surface area contributed by atoms with Crippen LogP contribution in [0.4, 0.5) is 4.79 Å². The van der Waals surface area contributed by atoms with Crippen molar-refractivity contribution in [1.82, 2.24) is 10.2 Å². The standard InChI is InChI=1S/C11H16N2O3S/c1-11(2,9(14)15)12-10(16)13(3)6-8-4-5-17-7-8/h4-5,7H,6H2,1-3H3,(H,12,16)(H,14,15). The molecule has 0 atom stereocenters. The number of carbonyl (C=O) groups is 2. The highest BCUT2D eigenvalue weighted by molar-refractivity contribution is 7.07. The zero-order chi connectivity index (χ0) is 13.1.